The number of nitrogens with zero attached hydrogens (tertiary/aromatic N) is 3. The number of nitrogens with one attached hydrogen (secondary N) is 1. The molecule has 4 rings (SSSR count). The van der Waals surface area contributed by atoms with Crippen LogP contribution in [0, 0.1) is 6.92 Å². The summed E-state index contributed by atoms with van der Waals surface area (Å²) in [5.74, 6) is 0.449. The van der Waals surface area contributed by atoms with Gasteiger partial charge in [-0.1, -0.05) is 28.9 Å². The summed E-state index contributed by atoms with van der Waals surface area (Å²) in [6, 6.07) is 7.27. The van der Waals surface area contributed by atoms with E-state index in [0.29, 0.717) is 28.0 Å². The lowest BCUT2D eigenvalue weighted by Gasteiger charge is -2.27. The third-order valence-corrected chi connectivity index (χ3v) is 4.87. The van der Waals surface area contributed by atoms with E-state index in [1.54, 1.807) is 19.2 Å². The van der Waals surface area contributed by atoms with Crippen LogP contribution in [0.1, 0.15) is 28.3 Å². The molecule has 0 bridgehead atoms. The minimum absolute atomic E-state index is 0.350. The summed E-state index contributed by atoms with van der Waals surface area (Å²) in [6.07, 6.45) is 0. The maximum absolute atomic E-state index is 12.9. The zero-order valence-electron chi connectivity index (χ0n) is 13.8. The highest BCUT2D eigenvalue weighted by atomic mass is 35.5. The molecule has 3 heterocycles. The lowest BCUT2D eigenvalue weighted by Crippen LogP contribution is -2.42. The first-order valence-corrected chi connectivity index (χ1v) is 8.06. The molecule has 0 spiro atoms. The second-order valence-electron chi connectivity index (χ2n) is 6.09. The van der Waals surface area contributed by atoms with E-state index >= 15 is 0 Å². The van der Waals surface area contributed by atoms with Gasteiger partial charge in [-0.25, -0.2) is 4.79 Å². The SMILES string of the molecule is Cc1noc2c1C(c1ccc(Cl)cc1)c1c(n(C)c(=O)n(C)c1=O)N2. The molecule has 3 aromatic rings. The van der Waals surface area contributed by atoms with Gasteiger partial charge >= 0.3 is 5.69 Å². The molecule has 1 aliphatic heterocycles. The van der Waals surface area contributed by atoms with Crippen LogP contribution in [0.2, 0.25) is 5.02 Å². The van der Waals surface area contributed by atoms with Crippen molar-refractivity contribution in [2.45, 2.75) is 12.8 Å². The van der Waals surface area contributed by atoms with Gasteiger partial charge in [-0.15, -0.1) is 0 Å². The normalized spacial score (nSPS) is 15.4. The van der Waals surface area contributed by atoms with Crippen LogP contribution >= 0.6 is 11.6 Å². The molecule has 2 aromatic heterocycles. The van der Waals surface area contributed by atoms with Gasteiger partial charge in [-0.2, -0.15) is 0 Å². The Morgan fingerprint density at radius 2 is 1.80 bits per heavy atom. The Morgan fingerprint density at radius 1 is 1.12 bits per heavy atom. The van der Waals surface area contributed by atoms with E-state index in [-0.39, 0.29) is 5.56 Å². The first-order chi connectivity index (χ1) is 11.9. The lowest BCUT2D eigenvalue weighted by atomic mass is 9.83. The summed E-state index contributed by atoms with van der Waals surface area (Å²) in [7, 11) is 3.08. The number of hydrogen-bond donors (Lipinski definition) is 1. The molecule has 0 aliphatic carbocycles. The highest BCUT2D eigenvalue weighted by Gasteiger charge is 2.36. The largest absolute Gasteiger partial charge is 0.338 e. The van der Waals surface area contributed by atoms with Crippen LogP contribution in [0.3, 0.4) is 0 Å². The first kappa shape index (κ1) is 15.7. The standard InChI is InChI=1S/C17H15ClN4O3/c1-8-11-12(9-4-6-10(18)7-5-9)13-14(19-15(11)25-20-8)21(2)17(24)22(3)16(13)23/h4-7,12,19H,1-3H3. The highest BCUT2D eigenvalue weighted by molar-refractivity contribution is 6.30. The average Bonchev–Trinajstić information content (AvgIpc) is 2.98. The molecule has 25 heavy (non-hydrogen) atoms. The van der Waals surface area contributed by atoms with E-state index in [2.05, 4.69) is 10.5 Å². The predicted molar refractivity (Wildman–Crippen MR) is 93.8 cm³/mol. The fourth-order valence-corrected chi connectivity index (χ4v) is 3.45. The Labute approximate surface area is 147 Å². The van der Waals surface area contributed by atoms with Gasteiger partial charge in [-0.05, 0) is 24.6 Å². The molecule has 1 unspecified atom stereocenters. The van der Waals surface area contributed by atoms with Gasteiger partial charge in [-0.3, -0.25) is 13.9 Å². The number of halogens is 1. The van der Waals surface area contributed by atoms with E-state index in [4.69, 9.17) is 16.1 Å². The van der Waals surface area contributed by atoms with Crippen molar-refractivity contribution in [1.29, 1.82) is 0 Å². The van der Waals surface area contributed by atoms with E-state index in [0.717, 1.165) is 15.7 Å². The van der Waals surface area contributed by atoms with Crippen LogP contribution in [-0.4, -0.2) is 14.3 Å². The van der Waals surface area contributed by atoms with Gasteiger partial charge in [0.1, 0.15) is 5.82 Å². The number of aromatic nitrogens is 3. The lowest BCUT2D eigenvalue weighted by molar-refractivity contribution is 0.428. The molecule has 1 aliphatic rings. The van der Waals surface area contributed by atoms with E-state index in [1.807, 2.05) is 19.1 Å². The molecule has 7 nitrogen and oxygen atoms in total. The molecule has 1 atom stereocenters. The minimum atomic E-state index is -0.411. The van der Waals surface area contributed by atoms with Crippen LogP contribution < -0.4 is 16.6 Å². The molecule has 1 aromatic carbocycles. The number of rotatable bonds is 1. The molecular weight excluding hydrogens is 344 g/mol. The number of hydrogen-bond acceptors (Lipinski definition) is 5. The van der Waals surface area contributed by atoms with Gasteiger partial charge in [0.05, 0.1) is 22.7 Å². The average molecular weight is 359 g/mol. The van der Waals surface area contributed by atoms with Gasteiger partial charge in [0.2, 0.25) is 5.88 Å². The minimum Gasteiger partial charge on any atom is -0.338 e. The summed E-state index contributed by atoms with van der Waals surface area (Å²) >= 11 is 6.01. The fraction of sp³-hybridized carbons (Fsp3) is 0.235. The second kappa shape index (κ2) is 5.35. The van der Waals surface area contributed by atoms with Crippen LogP contribution in [-0.2, 0) is 14.1 Å². The van der Waals surface area contributed by atoms with Crippen LogP contribution in [0.4, 0.5) is 11.7 Å². The summed E-state index contributed by atoms with van der Waals surface area (Å²) < 4.78 is 7.88. The molecule has 1 N–H and O–H groups in total. The Bertz CT molecular complexity index is 1110. The third-order valence-electron chi connectivity index (χ3n) is 4.62. The smallest absolute Gasteiger partial charge is 0.332 e. The summed E-state index contributed by atoms with van der Waals surface area (Å²) in [6.45, 7) is 1.82. The van der Waals surface area contributed by atoms with Crippen LogP contribution in [0.5, 0.6) is 0 Å². The number of anilines is 2. The molecule has 128 valence electrons. The molecular formula is C17H15ClN4O3. The van der Waals surface area contributed by atoms with Crippen molar-refractivity contribution < 1.29 is 4.52 Å². The van der Waals surface area contributed by atoms with Crippen molar-refractivity contribution >= 4 is 23.3 Å². The Morgan fingerprint density at radius 3 is 2.48 bits per heavy atom. The van der Waals surface area contributed by atoms with E-state index < -0.39 is 11.6 Å². The van der Waals surface area contributed by atoms with Crippen molar-refractivity contribution in [3.05, 3.63) is 72.5 Å². The zero-order valence-corrected chi connectivity index (χ0v) is 14.6. The van der Waals surface area contributed by atoms with Crippen molar-refractivity contribution in [2.75, 3.05) is 5.32 Å². The van der Waals surface area contributed by atoms with Crippen molar-refractivity contribution in [3.8, 4) is 0 Å². The number of fused-ring (bicyclic) bond motifs is 2. The number of benzene rings is 1. The molecule has 0 fully saturated rings. The quantitative estimate of drug-likeness (QED) is 0.564. The molecule has 0 amide bonds. The first-order valence-electron chi connectivity index (χ1n) is 7.68. The Hall–Kier alpha value is -2.80. The molecule has 0 radical (unpaired) electrons. The molecule has 0 saturated heterocycles. The maximum Gasteiger partial charge on any atom is 0.332 e. The van der Waals surface area contributed by atoms with Gasteiger partial charge in [0.15, 0.2) is 0 Å². The molecule has 0 saturated carbocycles. The second-order valence-corrected chi connectivity index (χ2v) is 6.52. The van der Waals surface area contributed by atoms with Crippen LogP contribution in [0.25, 0.3) is 0 Å². The summed E-state index contributed by atoms with van der Waals surface area (Å²) in [5, 5.41) is 7.67. The number of aryl methyl sites for hydroxylation is 1. The van der Waals surface area contributed by atoms with Gasteiger partial charge in [0, 0.05) is 19.1 Å². The highest BCUT2D eigenvalue weighted by Crippen LogP contribution is 2.44. The Kier molecular flexibility index (Phi) is 3.36. The summed E-state index contributed by atoms with van der Waals surface area (Å²) in [4.78, 5) is 25.2. The van der Waals surface area contributed by atoms with Gasteiger partial charge < -0.3 is 9.84 Å². The van der Waals surface area contributed by atoms with Gasteiger partial charge in [0.25, 0.3) is 5.56 Å². The monoisotopic (exact) mass is 358 g/mol. The molecule has 8 heteroatoms. The topological polar surface area (TPSA) is 82.1 Å². The van der Waals surface area contributed by atoms with Crippen molar-refractivity contribution in [1.82, 2.24) is 14.3 Å². The summed E-state index contributed by atoms with van der Waals surface area (Å²) in [5.41, 5.74) is 2.05. The maximum atomic E-state index is 12.9. The predicted octanol–water partition coefficient (Wildman–Crippen LogP) is 2.27. The van der Waals surface area contributed by atoms with Crippen molar-refractivity contribution in [3.63, 3.8) is 0 Å². The fourth-order valence-electron chi connectivity index (χ4n) is 3.33. The van der Waals surface area contributed by atoms with Crippen molar-refractivity contribution in [2.24, 2.45) is 14.1 Å². The third kappa shape index (κ3) is 2.16. The zero-order chi connectivity index (χ0) is 17.9. The van der Waals surface area contributed by atoms with E-state index in [1.165, 1.54) is 11.6 Å². The van der Waals surface area contributed by atoms with Crippen LogP contribution in [0.15, 0.2) is 38.4 Å². The van der Waals surface area contributed by atoms with E-state index in [9.17, 15) is 9.59 Å². The Balaban J connectivity index is 2.11.